The van der Waals surface area contributed by atoms with Crippen LogP contribution in [-0.2, 0) is 0 Å². The van der Waals surface area contributed by atoms with Crippen LogP contribution in [0, 0.1) is 0 Å². The fourth-order valence-electron chi connectivity index (χ4n) is 21.4. The van der Waals surface area contributed by atoms with Gasteiger partial charge in [-0.3, -0.25) is 15.0 Å². The number of aliphatic imine (C=N–C) groups is 3. The third-order valence-electron chi connectivity index (χ3n) is 29.2. The van der Waals surface area contributed by atoms with E-state index in [1.807, 2.05) is 23.5 Å². The second-order valence-corrected chi connectivity index (χ2v) is 44.6. The van der Waals surface area contributed by atoms with Gasteiger partial charge in [-0.05, 0) is 342 Å². The van der Waals surface area contributed by atoms with Crippen molar-refractivity contribution in [3.63, 3.8) is 0 Å². The van der Waals surface area contributed by atoms with Gasteiger partial charge in [-0.1, -0.05) is 369 Å². The normalized spacial score (nSPS) is 14.6. The van der Waals surface area contributed by atoms with Gasteiger partial charge in [-0.2, -0.15) is 0 Å². The third kappa shape index (κ3) is 16.5. The average molecular weight is 1890 g/mol. The number of hydrogen-bond acceptors (Lipinski definition) is 9. The summed E-state index contributed by atoms with van der Waals surface area (Å²) in [4.78, 5) is 30.5. The highest BCUT2D eigenvalue weighted by Gasteiger charge is 2.45. The van der Waals surface area contributed by atoms with Gasteiger partial charge in [0.1, 0.15) is 15.1 Å². The molecule has 0 saturated heterocycles. The predicted molar refractivity (Wildman–Crippen MR) is 620 cm³/mol. The van der Waals surface area contributed by atoms with Crippen molar-refractivity contribution in [1.82, 2.24) is 15.0 Å². The zero-order valence-electron chi connectivity index (χ0n) is 80.9. The van der Waals surface area contributed by atoms with E-state index in [0.29, 0.717) is 0 Å². The molecule has 3 aliphatic rings. The van der Waals surface area contributed by atoms with Crippen LogP contribution in [0.15, 0.2) is 452 Å². The number of hydrogen-bond donors (Lipinski definition) is 0. The van der Waals surface area contributed by atoms with E-state index in [-0.39, 0.29) is 20.6 Å². The van der Waals surface area contributed by atoms with Gasteiger partial charge in [0.2, 0.25) is 0 Å². The molecule has 143 heavy (non-hydrogen) atoms. The first-order valence-electron chi connectivity index (χ1n) is 49.4. The molecule has 684 valence electrons. The lowest BCUT2D eigenvalue weighted by atomic mass is 9.84. The van der Waals surface area contributed by atoms with E-state index in [1.165, 1.54) is 196 Å². The maximum atomic E-state index is 5.23. The highest BCUT2D eigenvalue weighted by Crippen LogP contribution is 2.53. The van der Waals surface area contributed by atoms with E-state index in [9.17, 15) is 0 Å². The molecule has 21 aromatic carbocycles. The van der Waals surface area contributed by atoms with Crippen molar-refractivity contribution >= 4 is 180 Å². The lowest BCUT2D eigenvalue weighted by Gasteiger charge is -2.30. The minimum atomic E-state index is -0.164. The van der Waals surface area contributed by atoms with Gasteiger partial charge >= 0.3 is 0 Å². The third-order valence-corrected chi connectivity index (χ3v) is 33.4. The Morgan fingerprint density at radius 1 is 0.196 bits per heavy atom. The van der Waals surface area contributed by atoms with Gasteiger partial charge < -0.3 is 0 Å². The molecule has 6 nitrogen and oxygen atoms in total. The number of pyridine rings is 3. The van der Waals surface area contributed by atoms with E-state index in [4.69, 9.17) is 29.9 Å². The molecule has 27 rings (SSSR count). The smallest absolute Gasteiger partial charge is 0.117 e. The molecular formula is C134H100N6S3. The fraction of sp³-hybridized carbons (Fsp3) is 0.104. The van der Waals surface area contributed by atoms with Crippen LogP contribution in [0.25, 0.3) is 230 Å². The lowest BCUT2D eigenvalue weighted by Crippen LogP contribution is -2.36. The first-order valence-corrected chi connectivity index (χ1v) is 52.0. The standard InChI is InChI=1S/C46H36N2S.2C44H32N2S/c1-45(2)46(3,4)49-44(48-45)41-19-11-18-40(47-41)33-24-25-38-39(28-33)43(35-23-21-30-13-6-8-15-32(30)27-35)37-17-10-9-16-36(37)42(38)34-22-20-29-12-5-7-14-31(29)26-34;1-44(2)27-47-43(46-44)40-17-9-16-39(45-40)32-22-23-37-38(26-32)42(34-21-19-29-11-4-6-13-31(29)25-34)36-15-8-7-14-35(36)41(37)33-20-18-28-10-3-5-12-30(28)24-33;1-44(2)27-45-43(47-44)40-17-9-16-39(46-40)32-22-23-37-38(26-32)42(34-21-19-29-11-4-6-13-31(29)25-34)36-15-8-7-14-35(36)41(37)33-20-18-28-10-3-5-12-30(28)24-33/h5-28H,1-4H3;2*3-26H,27H2,1-2H3. The fourth-order valence-corrected chi connectivity index (χ4v) is 24.8. The van der Waals surface area contributed by atoms with Gasteiger partial charge in [0.25, 0.3) is 0 Å². The van der Waals surface area contributed by atoms with Gasteiger partial charge in [0.05, 0.1) is 51.8 Å². The number of benzene rings is 21. The van der Waals surface area contributed by atoms with Crippen molar-refractivity contribution in [2.75, 3.05) is 12.3 Å². The van der Waals surface area contributed by atoms with Crippen LogP contribution in [0.4, 0.5) is 0 Å². The molecule has 6 heterocycles. The van der Waals surface area contributed by atoms with Gasteiger partial charge in [0, 0.05) is 31.9 Å². The molecule has 0 radical (unpaired) electrons. The summed E-state index contributed by atoms with van der Waals surface area (Å²) in [5.41, 5.74) is 23.6. The van der Waals surface area contributed by atoms with Gasteiger partial charge in [-0.25, -0.2) is 15.0 Å². The lowest BCUT2D eigenvalue weighted by molar-refractivity contribution is 0.426. The van der Waals surface area contributed by atoms with Crippen molar-refractivity contribution in [2.45, 2.75) is 76.0 Å². The molecule has 0 aliphatic carbocycles. The monoisotopic (exact) mass is 1890 g/mol. The van der Waals surface area contributed by atoms with E-state index in [1.54, 1.807) is 11.8 Å². The summed E-state index contributed by atoms with van der Waals surface area (Å²) in [5, 5.41) is 32.9. The Balaban J connectivity index is 0.000000113. The topological polar surface area (TPSA) is 75.8 Å². The number of thioether (sulfide) groups is 3. The zero-order valence-corrected chi connectivity index (χ0v) is 83.3. The summed E-state index contributed by atoms with van der Waals surface area (Å²) in [6, 6.07) is 159. The number of fused-ring (bicyclic) bond motifs is 12. The summed E-state index contributed by atoms with van der Waals surface area (Å²) >= 11 is 5.44. The van der Waals surface area contributed by atoms with Crippen molar-refractivity contribution in [3.05, 3.63) is 454 Å². The molecule has 0 spiro atoms. The van der Waals surface area contributed by atoms with E-state index >= 15 is 0 Å². The summed E-state index contributed by atoms with van der Waals surface area (Å²) in [7, 11) is 0. The zero-order chi connectivity index (χ0) is 96.4. The highest BCUT2D eigenvalue weighted by atomic mass is 32.2. The second kappa shape index (κ2) is 35.8. The molecule has 3 aromatic heterocycles. The highest BCUT2D eigenvalue weighted by molar-refractivity contribution is 8.16. The second-order valence-electron chi connectivity index (χ2n) is 40.4. The molecule has 0 amide bonds. The van der Waals surface area contributed by atoms with Crippen molar-refractivity contribution in [2.24, 2.45) is 15.0 Å². The number of rotatable bonds is 12. The Morgan fingerprint density at radius 2 is 0.441 bits per heavy atom. The summed E-state index contributed by atoms with van der Waals surface area (Å²) in [6.45, 7) is 18.6. The van der Waals surface area contributed by atoms with Crippen LogP contribution in [0.2, 0.25) is 0 Å². The molecule has 24 aromatic rings. The molecule has 0 saturated carbocycles. The Morgan fingerprint density at radius 3 is 0.699 bits per heavy atom. The minimum absolute atomic E-state index is 0.00204. The van der Waals surface area contributed by atoms with Crippen LogP contribution in [-0.4, -0.2) is 63.0 Å². The maximum Gasteiger partial charge on any atom is 0.117 e. The van der Waals surface area contributed by atoms with Crippen LogP contribution in [0.5, 0.6) is 0 Å². The minimum Gasteiger partial charge on any atom is -0.275 e. The molecule has 3 aliphatic heterocycles. The number of nitrogens with zero attached hydrogens (tertiary/aromatic N) is 6. The summed E-state index contributed by atoms with van der Waals surface area (Å²) < 4.78 is 0.100. The Kier molecular flexibility index (Phi) is 22.2. The molecule has 0 atom stereocenters. The van der Waals surface area contributed by atoms with Crippen LogP contribution < -0.4 is 0 Å². The maximum absolute atomic E-state index is 5.23. The summed E-state index contributed by atoms with van der Waals surface area (Å²) in [5.74, 6) is 0.976. The average Bonchev–Trinajstić information content (AvgIpc) is 1.69. The summed E-state index contributed by atoms with van der Waals surface area (Å²) in [6.07, 6.45) is 0. The van der Waals surface area contributed by atoms with Crippen LogP contribution in [0.3, 0.4) is 0 Å². The Labute approximate surface area is 845 Å². The molecule has 9 heteroatoms. The molecule has 0 N–H and O–H groups in total. The molecular weight excluding hydrogens is 1790 g/mol. The van der Waals surface area contributed by atoms with Crippen molar-refractivity contribution < 1.29 is 0 Å². The van der Waals surface area contributed by atoms with E-state index in [2.05, 4.69) is 492 Å². The number of aromatic nitrogens is 3. The predicted octanol–water partition coefficient (Wildman–Crippen LogP) is 36.7. The van der Waals surface area contributed by atoms with Crippen molar-refractivity contribution in [3.8, 4) is 101 Å². The van der Waals surface area contributed by atoms with Crippen LogP contribution in [0.1, 0.15) is 72.5 Å². The Bertz CT molecular complexity index is 9490. The molecule has 0 bridgehead atoms. The Hall–Kier alpha value is -15.8. The van der Waals surface area contributed by atoms with Crippen molar-refractivity contribution in [1.29, 1.82) is 0 Å². The quantitative estimate of drug-likeness (QED) is 0.113. The largest absolute Gasteiger partial charge is 0.275 e. The molecule has 0 fully saturated rings. The molecule has 0 unspecified atom stereocenters. The van der Waals surface area contributed by atoms with E-state index < -0.39 is 0 Å². The SMILES string of the molecule is CC1(C)CN=C(c2cccc(-c3ccc4c(-c5ccc6ccccc6c5)c5ccccc5c(-c5ccc6ccccc6c5)c4c3)n2)S1.CC1(C)CSC(c2cccc(-c3ccc4c(-c5ccc6ccccc6c5)c5ccccc5c(-c5ccc6ccccc6c5)c4c3)n2)=N1.CC1(C)N=C(c2cccc(-c3ccc4c(-c5ccc6ccccc6c5)c5ccccc5c(-c5ccc6ccccc6c5)c4c3)n2)SC1(C)C. The van der Waals surface area contributed by atoms with Crippen LogP contribution >= 0.6 is 35.3 Å². The van der Waals surface area contributed by atoms with Gasteiger partial charge in [-0.15, -0.1) is 11.8 Å². The first-order chi connectivity index (χ1) is 69.8. The first kappa shape index (κ1) is 88.7. The van der Waals surface area contributed by atoms with E-state index in [0.717, 1.165) is 78.3 Å². The van der Waals surface area contributed by atoms with Gasteiger partial charge in [0.15, 0.2) is 0 Å².